The minimum atomic E-state index is -0.530. The summed E-state index contributed by atoms with van der Waals surface area (Å²) in [5.74, 6) is 0.328. The number of nitrogens with zero attached hydrogens (tertiary/aromatic N) is 2. The van der Waals surface area contributed by atoms with Gasteiger partial charge in [0.2, 0.25) is 11.8 Å². The van der Waals surface area contributed by atoms with Crippen molar-refractivity contribution in [1.29, 1.82) is 0 Å². The molecule has 0 heterocycles. The van der Waals surface area contributed by atoms with Crippen molar-refractivity contribution >= 4 is 29.4 Å². The number of nitrogens with one attached hydrogen (secondary N) is 2. The fraction of sp³-hybridized carbons (Fsp3) is 0.211. The Labute approximate surface area is 166 Å². The van der Waals surface area contributed by atoms with Crippen LogP contribution in [-0.2, 0) is 9.59 Å². The molecule has 0 fully saturated rings. The van der Waals surface area contributed by atoms with Gasteiger partial charge in [-0.05, 0) is 24.3 Å². The molecule has 152 valence electrons. The predicted molar refractivity (Wildman–Crippen MR) is 106 cm³/mol. The standard InChI is InChI=1S/C19H20N4O6/c1-28-16-8-3-13(17(11-16)29-2)12-20-22-19(25)10-9-18(24)21-14-4-6-15(7-5-14)23(26)27/h3-8,11-12H,9-10H2,1-2H3,(H,21,24)(H,22,25)/b20-12+. The van der Waals surface area contributed by atoms with Crippen LogP contribution in [0, 0.1) is 10.1 Å². The number of rotatable bonds is 9. The smallest absolute Gasteiger partial charge is 0.269 e. The van der Waals surface area contributed by atoms with Gasteiger partial charge in [0.05, 0.1) is 25.4 Å². The fourth-order valence-electron chi connectivity index (χ4n) is 2.27. The molecule has 0 radical (unpaired) electrons. The van der Waals surface area contributed by atoms with E-state index in [-0.39, 0.29) is 18.5 Å². The number of nitro groups is 1. The van der Waals surface area contributed by atoms with Gasteiger partial charge in [-0.15, -0.1) is 0 Å². The van der Waals surface area contributed by atoms with Crippen molar-refractivity contribution in [2.45, 2.75) is 12.8 Å². The van der Waals surface area contributed by atoms with E-state index in [0.717, 1.165) is 0 Å². The molecule has 0 aliphatic carbocycles. The fourth-order valence-corrected chi connectivity index (χ4v) is 2.27. The third-order valence-corrected chi connectivity index (χ3v) is 3.77. The van der Waals surface area contributed by atoms with E-state index in [2.05, 4.69) is 15.8 Å². The van der Waals surface area contributed by atoms with Crippen molar-refractivity contribution in [3.63, 3.8) is 0 Å². The first-order valence-electron chi connectivity index (χ1n) is 8.51. The summed E-state index contributed by atoms with van der Waals surface area (Å²) in [6, 6.07) is 10.5. The number of carbonyl (C=O) groups is 2. The number of amides is 2. The average molecular weight is 400 g/mol. The van der Waals surface area contributed by atoms with Crippen LogP contribution in [0.4, 0.5) is 11.4 Å². The normalized spacial score (nSPS) is 10.4. The zero-order valence-electron chi connectivity index (χ0n) is 15.9. The SMILES string of the molecule is COc1ccc(/C=N/NC(=O)CCC(=O)Nc2ccc([N+](=O)[O-])cc2)c(OC)c1. The Morgan fingerprint density at radius 1 is 1.07 bits per heavy atom. The molecule has 0 aliphatic rings. The first kappa shape index (κ1) is 21.4. The molecule has 2 N–H and O–H groups in total. The lowest BCUT2D eigenvalue weighted by Crippen LogP contribution is -2.20. The van der Waals surface area contributed by atoms with Gasteiger partial charge in [0.1, 0.15) is 11.5 Å². The van der Waals surface area contributed by atoms with Gasteiger partial charge in [-0.2, -0.15) is 5.10 Å². The largest absolute Gasteiger partial charge is 0.497 e. The second-order valence-corrected chi connectivity index (χ2v) is 5.75. The molecule has 29 heavy (non-hydrogen) atoms. The van der Waals surface area contributed by atoms with Crippen molar-refractivity contribution in [1.82, 2.24) is 5.43 Å². The highest BCUT2D eigenvalue weighted by atomic mass is 16.6. The Morgan fingerprint density at radius 2 is 1.76 bits per heavy atom. The topological polar surface area (TPSA) is 132 Å². The zero-order chi connectivity index (χ0) is 21.2. The summed E-state index contributed by atoms with van der Waals surface area (Å²) < 4.78 is 10.3. The molecule has 0 saturated heterocycles. The lowest BCUT2D eigenvalue weighted by atomic mass is 10.2. The molecule has 0 atom stereocenters. The van der Waals surface area contributed by atoms with Crippen LogP contribution in [0.2, 0.25) is 0 Å². The van der Waals surface area contributed by atoms with E-state index in [9.17, 15) is 19.7 Å². The van der Waals surface area contributed by atoms with E-state index >= 15 is 0 Å². The highest BCUT2D eigenvalue weighted by Crippen LogP contribution is 2.23. The van der Waals surface area contributed by atoms with Crippen molar-refractivity contribution in [2.75, 3.05) is 19.5 Å². The van der Waals surface area contributed by atoms with Crippen LogP contribution in [0.5, 0.6) is 11.5 Å². The number of anilines is 1. The van der Waals surface area contributed by atoms with Crippen LogP contribution in [-0.4, -0.2) is 37.2 Å². The molecule has 0 aromatic heterocycles. The van der Waals surface area contributed by atoms with Crippen LogP contribution >= 0.6 is 0 Å². The van der Waals surface area contributed by atoms with Gasteiger partial charge in [0.25, 0.3) is 5.69 Å². The summed E-state index contributed by atoms with van der Waals surface area (Å²) >= 11 is 0. The first-order chi connectivity index (χ1) is 13.9. The van der Waals surface area contributed by atoms with Crippen molar-refractivity contribution in [2.24, 2.45) is 5.10 Å². The van der Waals surface area contributed by atoms with E-state index < -0.39 is 16.7 Å². The molecule has 2 amide bonds. The molecule has 10 nitrogen and oxygen atoms in total. The second kappa shape index (κ2) is 10.4. The Balaban J connectivity index is 1.80. The Bertz CT molecular complexity index is 911. The number of hydrogen-bond donors (Lipinski definition) is 2. The number of nitro benzene ring substituents is 1. The third kappa shape index (κ3) is 6.61. The monoisotopic (exact) mass is 400 g/mol. The van der Waals surface area contributed by atoms with Gasteiger partial charge >= 0.3 is 0 Å². The number of hydrogen-bond acceptors (Lipinski definition) is 7. The highest BCUT2D eigenvalue weighted by Gasteiger charge is 2.09. The average Bonchev–Trinajstić information content (AvgIpc) is 2.72. The van der Waals surface area contributed by atoms with Gasteiger partial charge in [-0.1, -0.05) is 0 Å². The maximum atomic E-state index is 11.9. The van der Waals surface area contributed by atoms with Crippen LogP contribution in [0.3, 0.4) is 0 Å². The Kier molecular flexibility index (Phi) is 7.66. The molecule has 2 rings (SSSR count). The molecule has 0 unspecified atom stereocenters. The lowest BCUT2D eigenvalue weighted by molar-refractivity contribution is -0.384. The molecule has 2 aromatic rings. The summed E-state index contributed by atoms with van der Waals surface area (Å²) in [5.41, 5.74) is 3.31. The number of carbonyl (C=O) groups excluding carboxylic acids is 2. The molecule has 10 heteroatoms. The maximum absolute atomic E-state index is 11.9. The highest BCUT2D eigenvalue weighted by molar-refractivity contribution is 5.93. The summed E-state index contributed by atoms with van der Waals surface area (Å²) in [6.07, 6.45) is 1.28. The molecule has 0 bridgehead atoms. The molecule has 0 spiro atoms. The summed E-state index contributed by atoms with van der Waals surface area (Å²) in [6.45, 7) is 0. The first-order valence-corrected chi connectivity index (χ1v) is 8.51. The molecular weight excluding hydrogens is 380 g/mol. The number of benzene rings is 2. The van der Waals surface area contributed by atoms with E-state index in [1.54, 1.807) is 25.3 Å². The minimum absolute atomic E-state index is 0.0653. The van der Waals surface area contributed by atoms with Crippen LogP contribution in [0.1, 0.15) is 18.4 Å². The van der Waals surface area contributed by atoms with Gasteiger partial charge < -0.3 is 14.8 Å². The van der Waals surface area contributed by atoms with Crippen LogP contribution in [0.15, 0.2) is 47.6 Å². The Morgan fingerprint density at radius 3 is 2.38 bits per heavy atom. The molecule has 0 aliphatic heterocycles. The van der Waals surface area contributed by atoms with Crippen molar-refractivity contribution in [3.8, 4) is 11.5 Å². The second-order valence-electron chi connectivity index (χ2n) is 5.75. The van der Waals surface area contributed by atoms with E-state index in [0.29, 0.717) is 22.7 Å². The summed E-state index contributed by atoms with van der Waals surface area (Å²) in [5, 5.41) is 17.0. The number of hydrazone groups is 1. The number of non-ortho nitro benzene ring substituents is 1. The quantitative estimate of drug-likeness (QED) is 0.377. The zero-order valence-corrected chi connectivity index (χ0v) is 15.9. The van der Waals surface area contributed by atoms with Crippen LogP contribution < -0.4 is 20.2 Å². The van der Waals surface area contributed by atoms with Gasteiger partial charge in [0.15, 0.2) is 0 Å². The molecule has 0 saturated carbocycles. The minimum Gasteiger partial charge on any atom is -0.497 e. The third-order valence-electron chi connectivity index (χ3n) is 3.77. The number of methoxy groups -OCH3 is 2. The summed E-state index contributed by atoms with van der Waals surface area (Å²) in [7, 11) is 3.05. The van der Waals surface area contributed by atoms with Gasteiger partial charge in [-0.3, -0.25) is 19.7 Å². The van der Waals surface area contributed by atoms with Crippen LogP contribution in [0.25, 0.3) is 0 Å². The van der Waals surface area contributed by atoms with Crippen molar-refractivity contribution in [3.05, 3.63) is 58.1 Å². The van der Waals surface area contributed by atoms with E-state index in [1.165, 1.54) is 37.6 Å². The lowest BCUT2D eigenvalue weighted by Gasteiger charge is -2.07. The predicted octanol–water partition coefficient (Wildman–Crippen LogP) is 2.48. The summed E-state index contributed by atoms with van der Waals surface area (Å²) in [4.78, 5) is 33.8. The van der Waals surface area contributed by atoms with Gasteiger partial charge in [0, 0.05) is 42.3 Å². The molecule has 2 aromatic carbocycles. The maximum Gasteiger partial charge on any atom is 0.269 e. The molecular formula is C19H20N4O6. The van der Waals surface area contributed by atoms with E-state index in [1.807, 2.05) is 0 Å². The van der Waals surface area contributed by atoms with E-state index in [4.69, 9.17) is 9.47 Å². The number of ether oxygens (including phenoxy) is 2. The Hall–Kier alpha value is -3.95. The van der Waals surface area contributed by atoms with Gasteiger partial charge in [-0.25, -0.2) is 5.43 Å². The van der Waals surface area contributed by atoms with Crippen molar-refractivity contribution < 1.29 is 24.0 Å².